The Morgan fingerprint density at radius 1 is 1.11 bits per heavy atom. The van der Waals surface area contributed by atoms with E-state index in [1.165, 1.54) is 34.6 Å². The van der Waals surface area contributed by atoms with E-state index in [0.717, 1.165) is 12.8 Å². The van der Waals surface area contributed by atoms with Crippen LogP contribution in [0.2, 0.25) is 0 Å². The average Bonchev–Trinajstić information content (AvgIpc) is 3.37. The van der Waals surface area contributed by atoms with Gasteiger partial charge in [-0.1, -0.05) is 24.3 Å². The highest BCUT2D eigenvalue weighted by Crippen LogP contribution is 2.39. The smallest absolute Gasteiger partial charge is 0.377 e. The monoisotopic (exact) mass is 560 g/mol. The largest absolute Gasteiger partial charge is 0.421 e. The van der Waals surface area contributed by atoms with E-state index in [1.807, 2.05) is 4.90 Å². The molecule has 3 atom stereocenters. The first-order valence-electron chi connectivity index (χ1n) is 12.0. The fourth-order valence-electron chi connectivity index (χ4n) is 4.59. The van der Waals surface area contributed by atoms with E-state index >= 15 is 0 Å². The highest BCUT2D eigenvalue weighted by molar-refractivity contribution is 7.90. The van der Waals surface area contributed by atoms with Crippen molar-refractivity contribution in [1.82, 2.24) is 4.31 Å². The summed E-state index contributed by atoms with van der Waals surface area (Å²) in [6, 6.07) is 11.6. The standard InChI is InChI=1S/C25H31F3N2O5S2/c1-24(31,25(26,27)28)18-8-10-19(11-9-18)30-13-12-29(37(32,33)23-7-3-2-6-22(23)36)15-20(30)16-34-17-21-5-4-14-35-21/h2-3,6-11,20-21,31,36H,4-5,12-17H2,1H3/t20-,21+,24-/m1/s1. The van der Waals surface area contributed by atoms with Crippen LogP contribution in [0.3, 0.4) is 0 Å². The lowest BCUT2D eigenvalue weighted by Gasteiger charge is -2.42. The Kier molecular flexibility index (Phi) is 8.46. The molecule has 37 heavy (non-hydrogen) atoms. The van der Waals surface area contributed by atoms with Crippen LogP contribution in [-0.2, 0) is 25.1 Å². The molecule has 0 amide bonds. The summed E-state index contributed by atoms with van der Waals surface area (Å²) in [5.74, 6) is 0. The maximum absolute atomic E-state index is 13.4. The Morgan fingerprint density at radius 2 is 1.81 bits per heavy atom. The minimum Gasteiger partial charge on any atom is -0.377 e. The van der Waals surface area contributed by atoms with Crippen LogP contribution in [0.25, 0.3) is 0 Å². The van der Waals surface area contributed by atoms with E-state index < -0.39 is 27.8 Å². The zero-order chi connectivity index (χ0) is 26.8. The van der Waals surface area contributed by atoms with E-state index in [9.17, 15) is 26.7 Å². The third kappa shape index (κ3) is 6.10. The van der Waals surface area contributed by atoms with Gasteiger partial charge in [-0.25, -0.2) is 8.42 Å². The first-order valence-corrected chi connectivity index (χ1v) is 13.9. The molecule has 0 saturated carbocycles. The normalized spacial score (nSPS) is 23.2. The molecular formula is C25H31F3N2O5S2. The number of alkyl halides is 3. The predicted molar refractivity (Wildman–Crippen MR) is 135 cm³/mol. The van der Waals surface area contributed by atoms with Crippen LogP contribution in [0.1, 0.15) is 25.3 Å². The molecule has 0 aliphatic carbocycles. The highest BCUT2D eigenvalue weighted by Gasteiger charge is 2.51. The summed E-state index contributed by atoms with van der Waals surface area (Å²) in [5.41, 5.74) is -2.65. The van der Waals surface area contributed by atoms with Gasteiger partial charge >= 0.3 is 6.18 Å². The Hall–Kier alpha value is -1.83. The van der Waals surface area contributed by atoms with Crippen molar-refractivity contribution in [3.05, 3.63) is 54.1 Å². The van der Waals surface area contributed by atoms with E-state index in [4.69, 9.17) is 9.47 Å². The van der Waals surface area contributed by atoms with Crippen molar-refractivity contribution in [3.8, 4) is 0 Å². The number of anilines is 1. The van der Waals surface area contributed by atoms with Gasteiger partial charge in [-0.3, -0.25) is 0 Å². The second kappa shape index (κ2) is 11.1. The van der Waals surface area contributed by atoms with E-state index in [1.54, 1.807) is 18.2 Å². The molecule has 0 aromatic heterocycles. The van der Waals surface area contributed by atoms with Crippen molar-refractivity contribution in [2.24, 2.45) is 0 Å². The van der Waals surface area contributed by atoms with Gasteiger partial charge in [0.2, 0.25) is 10.0 Å². The summed E-state index contributed by atoms with van der Waals surface area (Å²) in [5, 5.41) is 10.0. The molecule has 2 heterocycles. The van der Waals surface area contributed by atoms with Crippen molar-refractivity contribution >= 4 is 28.3 Å². The number of rotatable bonds is 8. The SMILES string of the molecule is C[C@@](O)(c1ccc(N2CCN(S(=O)(=O)c3ccccc3S)C[C@@H]2COC[C@@H]2CCCO2)cc1)C(F)(F)F. The predicted octanol–water partition coefficient (Wildman–Crippen LogP) is 3.82. The van der Waals surface area contributed by atoms with Crippen LogP contribution in [0, 0.1) is 0 Å². The van der Waals surface area contributed by atoms with Crippen LogP contribution in [0.5, 0.6) is 0 Å². The first-order chi connectivity index (χ1) is 17.4. The number of nitrogens with zero attached hydrogens (tertiary/aromatic N) is 2. The number of hydrogen-bond donors (Lipinski definition) is 2. The third-order valence-corrected chi connectivity index (χ3v) is 9.34. The minimum absolute atomic E-state index is 0.00295. The molecule has 0 spiro atoms. The average molecular weight is 561 g/mol. The van der Waals surface area contributed by atoms with Crippen molar-refractivity contribution in [2.75, 3.05) is 44.4 Å². The summed E-state index contributed by atoms with van der Waals surface area (Å²) in [7, 11) is -3.82. The molecule has 1 N–H and O–H groups in total. The van der Waals surface area contributed by atoms with Gasteiger partial charge in [-0.05, 0) is 49.6 Å². The Morgan fingerprint density at radius 3 is 2.43 bits per heavy atom. The maximum atomic E-state index is 13.4. The van der Waals surface area contributed by atoms with Crippen molar-refractivity contribution in [2.45, 2.75) is 53.5 Å². The molecule has 0 bridgehead atoms. The van der Waals surface area contributed by atoms with Gasteiger partial charge in [0, 0.05) is 36.8 Å². The molecule has 2 saturated heterocycles. The third-order valence-electron chi connectivity index (χ3n) is 6.88. The molecular weight excluding hydrogens is 529 g/mol. The molecule has 204 valence electrons. The number of piperazine rings is 1. The van der Waals surface area contributed by atoms with Crippen molar-refractivity contribution < 1.29 is 36.2 Å². The van der Waals surface area contributed by atoms with Gasteiger partial charge in [-0.2, -0.15) is 17.5 Å². The first kappa shape index (κ1) is 28.2. The van der Waals surface area contributed by atoms with Crippen LogP contribution >= 0.6 is 12.6 Å². The molecule has 2 aromatic rings. The zero-order valence-electron chi connectivity index (χ0n) is 20.4. The highest BCUT2D eigenvalue weighted by atomic mass is 32.2. The number of sulfonamides is 1. The topological polar surface area (TPSA) is 79.3 Å². The van der Waals surface area contributed by atoms with Crippen LogP contribution < -0.4 is 4.90 Å². The molecule has 0 radical (unpaired) electrons. The summed E-state index contributed by atoms with van der Waals surface area (Å²) in [6.45, 7) is 2.59. The molecule has 7 nitrogen and oxygen atoms in total. The second-order valence-corrected chi connectivity index (χ2v) is 11.9. The van der Waals surface area contributed by atoms with Crippen molar-refractivity contribution in [3.63, 3.8) is 0 Å². The lowest BCUT2D eigenvalue weighted by Crippen LogP contribution is -2.56. The number of aliphatic hydroxyl groups is 1. The van der Waals surface area contributed by atoms with Gasteiger partial charge in [0.1, 0.15) is 0 Å². The Labute approximate surface area is 220 Å². The molecule has 2 aliphatic heterocycles. The van der Waals surface area contributed by atoms with Gasteiger partial charge in [-0.15, -0.1) is 12.6 Å². The van der Waals surface area contributed by atoms with E-state index in [2.05, 4.69) is 12.6 Å². The molecule has 4 rings (SSSR count). The van der Waals surface area contributed by atoms with Crippen LogP contribution in [0.4, 0.5) is 18.9 Å². The van der Waals surface area contributed by atoms with E-state index in [0.29, 0.717) is 37.3 Å². The van der Waals surface area contributed by atoms with Crippen molar-refractivity contribution in [1.29, 1.82) is 0 Å². The van der Waals surface area contributed by atoms with Gasteiger partial charge in [0.05, 0.1) is 30.3 Å². The minimum atomic E-state index is -4.82. The fraction of sp³-hybridized carbons (Fsp3) is 0.520. The van der Waals surface area contributed by atoms with Crippen LogP contribution in [0.15, 0.2) is 58.3 Å². The van der Waals surface area contributed by atoms with Crippen LogP contribution in [-0.4, -0.2) is 75.6 Å². The summed E-state index contributed by atoms with van der Waals surface area (Å²) >= 11 is 4.31. The summed E-state index contributed by atoms with van der Waals surface area (Å²) in [4.78, 5) is 2.40. The Balaban J connectivity index is 1.55. The number of ether oxygens (including phenoxy) is 2. The lowest BCUT2D eigenvalue weighted by molar-refractivity contribution is -0.258. The van der Waals surface area contributed by atoms with E-state index in [-0.39, 0.29) is 36.3 Å². The molecule has 0 unspecified atom stereocenters. The molecule has 2 aromatic carbocycles. The zero-order valence-corrected chi connectivity index (χ0v) is 22.1. The summed E-state index contributed by atoms with van der Waals surface area (Å²) in [6.07, 6.45) is -2.96. The number of halogens is 3. The summed E-state index contributed by atoms with van der Waals surface area (Å²) < 4.78 is 79.5. The second-order valence-electron chi connectivity index (χ2n) is 9.47. The molecule has 2 fully saturated rings. The van der Waals surface area contributed by atoms with Gasteiger partial charge in [0.25, 0.3) is 0 Å². The number of benzene rings is 2. The Bertz CT molecular complexity index is 1170. The number of thiol groups is 1. The van der Waals surface area contributed by atoms with Gasteiger partial charge < -0.3 is 19.5 Å². The fourth-order valence-corrected chi connectivity index (χ4v) is 6.65. The lowest BCUT2D eigenvalue weighted by atomic mass is 9.95. The number of hydrogen-bond acceptors (Lipinski definition) is 7. The maximum Gasteiger partial charge on any atom is 0.421 e. The molecule has 12 heteroatoms. The quantitative estimate of drug-likeness (QED) is 0.478. The van der Waals surface area contributed by atoms with Gasteiger partial charge in [0.15, 0.2) is 5.60 Å². The molecule has 2 aliphatic rings.